The molecule has 1 aromatic carbocycles. The first-order valence-corrected chi connectivity index (χ1v) is 7.75. The summed E-state index contributed by atoms with van der Waals surface area (Å²) < 4.78 is 0. The molecule has 0 spiro atoms. The van der Waals surface area contributed by atoms with Gasteiger partial charge in [0.1, 0.15) is 5.15 Å². The number of pyridine rings is 1. The van der Waals surface area contributed by atoms with Crippen LogP contribution in [0.5, 0.6) is 0 Å². The molecule has 0 saturated carbocycles. The van der Waals surface area contributed by atoms with E-state index in [9.17, 15) is 5.11 Å². The number of hydrogen-bond donors (Lipinski definition) is 1. The van der Waals surface area contributed by atoms with Crippen LogP contribution in [0.4, 0.5) is 0 Å². The van der Waals surface area contributed by atoms with Gasteiger partial charge in [0.15, 0.2) is 0 Å². The molecule has 0 amide bonds. The van der Waals surface area contributed by atoms with Gasteiger partial charge in [-0.15, -0.1) is 0 Å². The van der Waals surface area contributed by atoms with Crippen molar-refractivity contribution < 1.29 is 5.11 Å². The van der Waals surface area contributed by atoms with E-state index in [1.807, 2.05) is 19.9 Å². The van der Waals surface area contributed by atoms with Gasteiger partial charge in [0.2, 0.25) is 0 Å². The van der Waals surface area contributed by atoms with Gasteiger partial charge in [-0.2, -0.15) is 11.8 Å². The second-order valence-corrected chi connectivity index (χ2v) is 6.61. The zero-order chi connectivity index (χ0) is 14.0. The van der Waals surface area contributed by atoms with Crippen molar-refractivity contribution in [2.24, 2.45) is 0 Å². The van der Waals surface area contributed by atoms with E-state index >= 15 is 0 Å². The molecule has 2 unspecified atom stereocenters. The van der Waals surface area contributed by atoms with Crippen LogP contribution >= 0.6 is 23.4 Å². The molecule has 0 saturated heterocycles. The maximum absolute atomic E-state index is 9.50. The second kappa shape index (κ2) is 6.12. The molecule has 0 aliphatic heterocycles. The summed E-state index contributed by atoms with van der Waals surface area (Å²) in [6.07, 6.45) is -0.320. The first-order chi connectivity index (χ1) is 8.97. The van der Waals surface area contributed by atoms with E-state index in [4.69, 9.17) is 11.6 Å². The molecular weight excluding hydrogens is 278 g/mol. The van der Waals surface area contributed by atoms with E-state index in [2.05, 4.69) is 23.2 Å². The fourth-order valence-corrected chi connectivity index (χ4v) is 2.99. The minimum Gasteiger partial charge on any atom is -0.392 e. The molecular formula is C15H18ClNOS. The third-order valence-corrected chi connectivity index (χ3v) is 4.90. The Bertz CT molecular complexity index is 586. The highest BCUT2D eigenvalue weighted by molar-refractivity contribution is 7.99. The summed E-state index contributed by atoms with van der Waals surface area (Å²) in [5.41, 5.74) is 3.14. The number of nitrogens with zero attached hydrogens (tertiary/aromatic N) is 1. The number of hydrogen-bond acceptors (Lipinski definition) is 3. The smallest absolute Gasteiger partial charge is 0.133 e. The molecule has 19 heavy (non-hydrogen) atoms. The van der Waals surface area contributed by atoms with Crippen LogP contribution in [0.25, 0.3) is 10.9 Å². The zero-order valence-corrected chi connectivity index (χ0v) is 12.9. The molecule has 0 radical (unpaired) electrons. The Balaban J connectivity index is 2.24. The average molecular weight is 296 g/mol. The predicted molar refractivity (Wildman–Crippen MR) is 83.9 cm³/mol. The topological polar surface area (TPSA) is 33.1 Å². The maximum Gasteiger partial charge on any atom is 0.133 e. The van der Waals surface area contributed by atoms with Crippen molar-refractivity contribution in [3.05, 3.63) is 40.5 Å². The number of aliphatic hydroxyl groups excluding tert-OH is 1. The molecule has 102 valence electrons. The van der Waals surface area contributed by atoms with Gasteiger partial charge < -0.3 is 5.11 Å². The summed E-state index contributed by atoms with van der Waals surface area (Å²) in [6, 6.07) is 8.27. The Morgan fingerprint density at radius 2 is 2.05 bits per heavy atom. The van der Waals surface area contributed by atoms with Crippen LogP contribution in [0.3, 0.4) is 0 Å². The molecule has 0 aliphatic carbocycles. The normalized spacial score (nSPS) is 14.6. The fourth-order valence-electron chi connectivity index (χ4n) is 1.76. The van der Waals surface area contributed by atoms with Crippen molar-refractivity contribution in [1.82, 2.24) is 4.98 Å². The molecule has 1 heterocycles. The van der Waals surface area contributed by atoms with Crippen molar-refractivity contribution in [3.8, 4) is 0 Å². The molecule has 1 aromatic heterocycles. The molecule has 1 N–H and O–H groups in total. The van der Waals surface area contributed by atoms with E-state index in [-0.39, 0.29) is 11.4 Å². The molecule has 0 aliphatic rings. The van der Waals surface area contributed by atoms with Crippen LogP contribution < -0.4 is 0 Å². The van der Waals surface area contributed by atoms with Crippen molar-refractivity contribution >= 4 is 34.3 Å². The van der Waals surface area contributed by atoms with Crippen LogP contribution in [0.2, 0.25) is 5.15 Å². The van der Waals surface area contributed by atoms with Gasteiger partial charge >= 0.3 is 0 Å². The largest absolute Gasteiger partial charge is 0.392 e. The van der Waals surface area contributed by atoms with Gasteiger partial charge in [-0.1, -0.05) is 30.7 Å². The molecule has 2 atom stereocenters. The molecule has 2 nitrogen and oxygen atoms in total. The van der Waals surface area contributed by atoms with Crippen LogP contribution in [0.15, 0.2) is 24.3 Å². The number of thioether (sulfide) groups is 1. The number of rotatable bonds is 4. The van der Waals surface area contributed by atoms with E-state index in [0.717, 1.165) is 22.2 Å². The quantitative estimate of drug-likeness (QED) is 0.858. The summed E-state index contributed by atoms with van der Waals surface area (Å²) >= 11 is 7.92. The van der Waals surface area contributed by atoms with E-state index < -0.39 is 0 Å². The minimum atomic E-state index is -0.320. The second-order valence-electron chi connectivity index (χ2n) is 4.89. The zero-order valence-electron chi connectivity index (χ0n) is 11.4. The number of benzene rings is 1. The molecule has 2 rings (SSSR count). The first-order valence-electron chi connectivity index (χ1n) is 6.33. The predicted octanol–water partition coefficient (Wildman–Crippen LogP) is 4.20. The highest BCUT2D eigenvalue weighted by Crippen LogP contribution is 2.27. The summed E-state index contributed by atoms with van der Waals surface area (Å²) in [5.74, 6) is 0.766. The highest BCUT2D eigenvalue weighted by atomic mass is 35.5. The van der Waals surface area contributed by atoms with E-state index in [1.54, 1.807) is 18.7 Å². The Morgan fingerprint density at radius 3 is 2.74 bits per heavy atom. The Labute approximate surface area is 123 Å². The van der Waals surface area contributed by atoms with Crippen LogP contribution in [0, 0.1) is 6.92 Å². The van der Waals surface area contributed by atoms with Gasteiger partial charge in [0, 0.05) is 22.0 Å². The van der Waals surface area contributed by atoms with Crippen LogP contribution in [0.1, 0.15) is 25.0 Å². The van der Waals surface area contributed by atoms with Crippen LogP contribution in [-0.2, 0) is 5.75 Å². The number of aromatic nitrogens is 1. The number of aryl methyl sites for hydroxylation is 1. The monoisotopic (exact) mass is 295 g/mol. The lowest BCUT2D eigenvalue weighted by Crippen LogP contribution is -2.15. The lowest BCUT2D eigenvalue weighted by atomic mass is 10.1. The van der Waals surface area contributed by atoms with Gasteiger partial charge in [-0.25, -0.2) is 4.98 Å². The Hall–Kier alpha value is -0.770. The Kier molecular flexibility index (Phi) is 4.71. The van der Waals surface area contributed by atoms with Crippen molar-refractivity contribution in [2.45, 2.75) is 37.9 Å². The third-order valence-electron chi connectivity index (χ3n) is 3.18. The lowest BCUT2D eigenvalue weighted by molar-refractivity contribution is 0.196. The SMILES string of the molecule is Cc1ccc2cc(CSC(C)C(C)O)c(Cl)nc2c1. The van der Waals surface area contributed by atoms with Crippen molar-refractivity contribution in [1.29, 1.82) is 0 Å². The summed E-state index contributed by atoms with van der Waals surface area (Å²) in [4.78, 5) is 4.45. The standard InChI is InChI=1S/C15H18ClNOS/c1-9-4-5-12-7-13(8-19-11(3)10(2)18)15(16)17-14(12)6-9/h4-7,10-11,18H,8H2,1-3H3. The van der Waals surface area contributed by atoms with Crippen molar-refractivity contribution in [2.75, 3.05) is 0 Å². The van der Waals surface area contributed by atoms with Gasteiger partial charge in [0.05, 0.1) is 11.6 Å². The minimum absolute atomic E-state index is 0.185. The van der Waals surface area contributed by atoms with Gasteiger partial charge in [-0.05, 0) is 31.5 Å². The van der Waals surface area contributed by atoms with Gasteiger partial charge in [-0.3, -0.25) is 0 Å². The maximum atomic E-state index is 9.50. The molecule has 4 heteroatoms. The van der Waals surface area contributed by atoms with E-state index in [0.29, 0.717) is 5.15 Å². The van der Waals surface area contributed by atoms with Crippen molar-refractivity contribution in [3.63, 3.8) is 0 Å². The third kappa shape index (κ3) is 3.62. The van der Waals surface area contributed by atoms with E-state index in [1.165, 1.54) is 5.56 Å². The van der Waals surface area contributed by atoms with Gasteiger partial charge in [0.25, 0.3) is 0 Å². The summed E-state index contributed by atoms with van der Waals surface area (Å²) in [7, 11) is 0. The molecule has 2 aromatic rings. The lowest BCUT2D eigenvalue weighted by Gasteiger charge is -2.14. The fraction of sp³-hybridized carbons (Fsp3) is 0.400. The average Bonchev–Trinajstić information content (AvgIpc) is 2.35. The number of fused-ring (bicyclic) bond motifs is 1. The highest BCUT2D eigenvalue weighted by Gasteiger charge is 2.11. The number of aliphatic hydroxyl groups is 1. The summed E-state index contributed by atoms with van der Waals surface area (Å²) in [5, 5.41) is 11.4. The summed E-state index contributed by atoms with van der Waals surface area (Å²) in [6.45, 7) is 5.87. The molecule has 0 fully saturated rings. The Morgan fingerprint density at radius 1 is 1.32 bits per heavy atom. The van der Waals surface area contributed by atoms with Crippen LogP contribution in [-0.4, -0.2) is 21.4 Å². The first kappa shape index (κ1) is 14.6. The number of halogens is 1. The molecule has 0 bridgehead atoms.